The molecule has 0 saturated carbocycles. The van der Waals surface area contributed by atoms with E-state index in [2.05, 4.69) is 0 Å². The molecule has 0 aliphatic rings. The molecule has 1 rings (SSSR count). The van der Waals surface area contributed by atoms with Crippen molar-refractivity contribution in [3.05, 3.63) is 35.6 Å². The molecule has 1 aromatic carbocycles. The van der Waals surface area contributed by atoms with Gasteiger partial charge in [0, 0.05) is 25.0 Å². The average molecular weight is 216 g/mol. The van der Waals surface area contributed by atoms with Crippen LogP contribution in [-0.2, 0) is 0 Å². The molecule has 76 valence electrons. The number of carbonyl (C=O) groups is 1. The maximum atomic E-state index is 12.6. The van der Waals surface area contributed by atoms with Crippen LogP contribution in [-0.4, -0.2) is 30.3 Å². The first kappa shape index (κ1) is 11.0. The maximum Gasteiger partial charge on any atom is 0.253 e. The minimum Gasteiger partial charge on any atom is -0.341 e. The maximum absolute atomic E-state index is 12.6. The molecule has 0 radical (unpaired) electrons. The summed E-state index contributed by atoms with van der Waals surface area (Å²) in [5, 5.41) is 0. The van der Waals surface area contributed by atoms with E-state index in [1.807, 2.05) is 0 Å². The molecule has 2 nitrogen and oxygen atoms in total. The van der Waals surface area contributed by atoms with E-state index in [1.54, 1.807) is 7.05 Å². The third kappa shape index (κ3) is 2.70. The molecule has 0 aliphatic carbocycles. The molecule has 0 atom stereocenters. The summed E-state index contributed by atoms with van der Waals surface area (Å²) in [4.78, 5) is 13.1. The number of carbonyl (C=O) groups excluding carboxylic acids is 1. The molecule has 0 aliphatic heterocycles. The predicted octanol–water partition coefficient (Wildman–Crippen LogP) is 2.14. The Morgan fingerprint density at radius 1 is 1.43 bits per heavy atom. The van der Waals surface area contributed by atoms with E-state index in [9.17, 15) is 9.18 Å². The number of halogens is 2. The minimum atomic E-state index is -0.346. The zero-order valence-electron chi connectivity index (χ0n) is 7.84. The smallest absolute Gasteiger partial charge is 0.253 e. The zero-order valence-corrected chi connectivity index (χ0v) is 8.59. The Morgan fingerprint density at radius 3 is 2.50 bits per heavy atom. The first-order valence-corrected chi connectivity index (χ1v) is 4.75. The zero-order chi connectivity index (χ0) is 10.6. The first-order valence-electron chi connectivity index (χ1n) is 4.22. The van der Waals surface area contributed by atoms with Gasteiger partial charge in [-0.2, -0.15) is 0 Å². The van der Waals surface area contributed by atoms with Crippen molar-refractivity contribution in [1.29, 1.82) is 0 Å². The third-order valence-electron chi connectivity index (χ3n) is 1.86. The highest BCUT2D eigenvalue weighted by atomic mass is 35.5. The lowest BCUT2D eigenvalue weighted by molar-refractivity contribution is 0.0803. The van der Waals surface area contributed by atoms with Gasteiger partial charge >= 0.3 is 0 Å². The lowest BCUT2D eigenvalue weighted by Crippen LogP contribution is -2.28. The van der Waals surface area contributed by atoms with Gasteiger partial charge in [0.2, 0.25) is 0 Å². The van der Waals surface area contributed by atoms with E-state index in [4.69, 9.17) is 11.6 Å². The Kier molecular flexibility index (Phi) is 3.89. The van der Waals surface area contributed by atoms with Gasteiger partial charge in [-0.1, -0.05) is 0 Å². The number of hydrogen-bond acceptors (Lipinski definition) is 1. The van der Waals surface area contributed by atoms with Crippen LogP contribution in [0, 0.1) is 5.82 Å². The Balaban J connectivity index is 2.74. The Bertz CT molecular complexity index is 312. The third-order valence-corrected chi connectivity index (χ3v) is 2.03. The van der Waals surface area contributed by atoms with Crippen LogP contribution < -0.4 is 0 Å². The monoisotopic (exact) mass is 215 g/mol. The fourth-order valence-electron chi connectivity index (χ4n) is 1.04. The quantitative estimate of drug-likeness (QED) is 0.708. The van der Waals surface area contributed by atoms with Gasteiger partial charge < -0.3 is 4.90 Å². The van der Waals surface area contributed by atoms with E-state index >= 15 is 0 Å². The van der Waals surface area contributed by atoms with Crippen LogP contribution in [0.5, 0.6) is 0 Å². The van der Waals surface area contributed by atoms with Crippen molar-refractivity contribution in [3.8, 4) is 0 Å². The summed E-state index contributed by atoms with van der Waals surface area (Å²) < 4.78 is 12.6. The van der Waals surface area contributed by atoms with Gasteiger partial charge in [-0.15, -0.1) is 11.6 Å². The highest BCUT2D eigenvalue weighted by molar-refractivity contribution is 6.18. The molecule has 0 N–H and O–H groups in total. The molecule has 0 saturated heterocycles. The fraction of sp³-hybridized carbons (Fsp3) is 0.300. The van der Waals surface area contributed by atoms with Gasteiger partial charge in [-0.05, 0) is 24.3 Å². The largest absolute Gasteiger partial charge is 0.341 e. The molecular formula is C10H11ClFNO. The van der Waals surface area contributed by atoms with Crippen LogP contribution in [0.3, 0.4) is 0 Å². The van der Waals surface area contributed by atoms with E-state index in [1.165, 1.54) is 29.2 Å². The molecule has 0 aromatic heterocycles. The van der Waals surface area contributed by atoms with Gasteiger partial charge in [-0.25, -0.2) is 4.39 Å². The van der Waals surface area contributed by atoms with E-state index in [0.29, 0.717) is 18.0 Å². The van der Waals surface area contributed by atoms with Gasteiger partial charge in [0.1, 0.15) is 5.82 Å². The minimum absolute atomic E-state index is 0.148. The molecule has 1 aromatic rings. The van der Waals surface area contributed by atoms with E-state index < -0.39 is 0 Å². The van der Waals surface area contributed by atoms with Crippen molar-refractivity contribution < 1.29 is 9.18 Å². The topological polar surface area (TPSA) is 20.3 Å². The Morgan fingerprint density at radius 2 is 2.00 bits per heavy atom. The molecular weight excluding hydrogens is 205 g/mol. The summed E-state index contributed by atoms with van der Waals surface area (Å²) in [6, 6.07) is 5.45. The van der Waals surface area contributed by atoms with E-state index in [0.717, 1.165) is 0 Å². The summed E-state index contributed by atoms with van der Waals surface area (Å²) in [5.74, 6) is -0.101. The standard InChI is InChI=1S/C10H11ClFNO/c1-13(7-6-11)10(14)8-2-4-9(12)5-3-8/h2-5H,6-7H2,1H3. The second-order valence-corrected chi connectivity index (χ2v) is 3.30. The molecule has 0 spiro atoms. The average Bonchev–Trinajstić information content (AvgIpc) is 2.18. The lowest BCUT2D eigenvalue weighted by atomic mass is 10.2. The van der Waals surface area contributed by atoms with Crippen molar-refractivity contribution in [1.82, 2.24) is 4.90 Å². The summed E-state index contributed by atoms with van der Waals surface area (Å²) in [6.07, 6.45) is 0. The summed E-state index contributed by atoms with van der Waals surface area (Å²) in [7, 11) is 1.66. The normalized spacial score (nSPS) is 9.93. The SMILES string of the molecule is CN(CCCl)C(=O)c1ccc(F)cc1. The number of benzene rings is 1. The molecule has 0 unspecified atom stereocenters. The number of alkyl halides is 1. The van der Waals surface area contributed by atoms with Crippen LogP contribution >= 0.6 is 11.6 Å². The fourth-order valence-corrected chi connectivity index (χ4v) is 1.29. The molecule has 1 amide bonds. The second-order valence-electron chi connectivity index (χ2n) is 2.92. The van der Waals surface area contributed by atoms with Crippen molar-refractivity contribution in [3.63, 3.8) is 0 Å². The van der Waals surface area contributed by atoms with Crippen LogP contribution in [0.4, 0.5) is 4.39 Å². The number of nitrogens with zero attached hydrogens (tertiary/aromatic N) is 1. The molecule has 14 heavy (non-hydrogen) atoms. The van der Waals surface area contributed by atoms with Crippen LogP contribution in [0.25, 0.3) is 0 Å². The van der Waals surface area contributed by atoms with Crippen molar-refractivity contribution in [2.75, 3.05) is 19.5 Å². The number of hydrogen-bond donors (Lipinski definition) is 0. The van der Waals surface area contributed by atoms with Crippen molar-refractivity contribution >= 4 is 17.5 Å². The predicted molar refractivity (Wildman–Crippen MR) is 54.1 cm³/mol. The van der Waals surface area contributed by atoms with Crippen LogP contribution in [0.15, 0.2) is 24.3 Å². The molecule has 0 bridgehead atoms. The lowest BCUT2D eigenvalue weighted by Gasteiger charge is -2.15. The van der Waals surface area contributed by atoms with Crippen LogP contribution in [0.2, 0.25) is 0 Å². The highest BCUT2D eigenvalue weighted by Crippen LogP contribution is 2.05. The molecule has 4 heteroatoms. The summed E-state index contributed by atoms with van der Waals surface area (Å²) in [6.45, 7) is 0.484. The summed E-state index contributed by atoms with van der Waals surface area (Å²) >= 11 is 5.50. The van der Waals surface area contributed by atoms with Gasteiger partial charge in [-0.3, -0.25) is 4.79 Å². The van der Waals surface area contributed by atoms with Gasteiger partial charge in [0.25, 0.3) is 5.91 Å². The Labute approximate surface area is 87.3 Å². The van der Waals surface area contributed by atoms with Gasteiger partial charge in [0.15, 0.2) is 0 Å². The number of rotatable bonds is 3. The van der Waals surface area contributed by atoms with E-state index in [-0.39, 0.29) is 11.7 Å². The first-order chi connectivity index (χ1) is 6.65. The Hall–Kier alpha value is -1.09. The summed E-state index contributed by atoms with van der Waals surface area (Å²) in [5.41, 5.74) is 0.471. The molecule has 0 fully saturated rings. The van der Waals surface area contributed by atoms with Crippen molar-refractivity contribution in [2.24, 2.45) is 0 Å². The van der Waals surface area contributed by atoms with Crippen molar-refractivity contribution in [2.45, 2.75) is 0 Å². The second kappa shape index (κ2) is 4.96. The number of amides is 1. The highest BCUT2D eigenvalue weighted by Gasteiger charge is 2.10. The van der Waals surface area contributed by atoms with Crippen LogP contribution in [0.1, 0.15) is 10.4 Å². The molecule has 0 heterocycles. The van der Waals surface area contributed by atoms with Gasteiger partial charge in [0.05, 0.1) is 0 Å².